The Labute approximate surface area is 242 Å². The molecular weight excluding hydrogens is 729 g/mol. The van der Waals surface area contributed by atoms with E-state index < -0.39 is 89.2 Å². The van der Waals surface area contributed by atoms with Gasteiger partial charge in [0.25, 0.3) is 0 Å². The van der Waals surface area contributed by atoms with Crippen molar-refractivity contribution in [2.24, 2.45) is 5.92 Å². The first-order chi connectivity index (χ1) is 18.9. The van der Waals surface area contributed by atoms with Gasteiger partial charge in [0.1, 0.15) is 0 Å². The Balaban J connectivity index is 7.39. The molecule has 0 spiro atoms. The number of hydrogen-bond acceptors (Lipinski definition) is 0. The van der Waals surface area contributed by atoms with E-state index in [1.807, 2.05) is 0 Å². The highest BCUT2D eigenvalue weighted by Gasteiger charge is 2.93. The molecule has 0 amide bonds. The third-order valence-corrected chi connectivity index (χ3v) is 7.24. The second kappa shape index (κ2) is 12.6. The van der Waals surface area contributed by atoms with Crippen molar-refractivity contribution in [3.8, 4) is 0 Å². The van der Waals surface area contributed by atoms with Crippen LogP contribution in [0.15, 0.2) is 0 Å². The molecule has 0 aliphatic rings. The number of unbranched alkanes of at least 4 members (excludes halogenated alkanes) is 5. The van der Waals surface area contributed by atoms with Gasteiger partial charge in [-0.2, -0.15) is 96.6 Å². The maximum atomic E-state index is 14.9. The summed E-state index contributed by atoms with van der Waals surface area (Å²) in [7, 11) is 0. The van der Waals surface area contributed by atoms with Crippen molar-refractivity contribution in [1.82, 2.24) is 0 Å². The summed E-state index contributed by atoms with van der Waals surface area (Å²) in [6, 6.07) is 0. The van der Waals surface area contributed by atoms with Gasteiger partial charge in [-0.05, 0) is 6.42 Å². The third kappa shape index (κ3) is 6.57. The standard InChI is InChI=1S/C20H18Cl2F22/c1-2-3-4-5-6-7-8-9(11(23,24)13(27,28)15(31,32)17(35,36)19(39,40)41)10(21,22)12(25,26)14(29,30)16(33,34)18(37,38)20(42,43)44/h9H,2-8H2,1H3. The molecule has 0 heterocycles. The van der Waals surface area contributed by atoms with Crippen LogP contribution in [0.1, 0.15) is 51.9 Å². The van der Waals surface area contributed by atoms with E-state index in [9.17, 15) is 96.6 Å². The van der Waals surface area contributed by atoms with Crippen LogP contribution in [0.2, 0.25) is 0 Å². The summed E-state index contributed by atoms with van der Waals surface area (Å²) in [5.74, 6) is -70.8. The average molecular weight is 747 g/mol. The minimum atomic E-state index is -8.45. The van der Waals surface area contributed by atoms with Crippen LogP contribution >= 0.6 is 23.2 Å². The minimum Gasteiger partial charge on any atom is -0.199 e. The quantitative estimate of drug-likeness (QED) is 0.0838. The van der Waals surface area contributed by atoms with E-state index in [-0.39, 0.29) is 12.8 Å². The van der Waals surface area contributed by atoms with Crippen molar-refractivity contribution >= 4 is 23.2 Å². The lowest BCUT2D eigenvalue weighted by atomic mass is 9.79. The van der Waals surface area contributed by atoms with Gasteiger partial charge in [0.05, 0.1) is 5.92 Å². The van der Waals surface area contributed by atoms with Crippen LogP contribution in [-0.4, -0.2) is 64.1 Å². The van der Waals surface area contributed by atoms with E-state index in [4.69, 9.17) is 0 Å². The molecule has 266 valence electrons. The van der Waals surface area contributed by atoms with Crippen LogP contribution in [0.5, 0.6) is 0 Å². The van der Waals surface area contributed by atoms with Crippen LogP contribution in [0.4, 0.5) is 96.6 Å². The first kappa shape index (κ1) is 43.0. The van der Waals surface area contributed by atoms with Crippen LogP contribution in [0, 0.1) is 5.92 Å². The maximum absolute atomic E-state index is 14.9. The summed E-state index contributed by atoms with van der Waals surface area (Å²) in [6.45, 7) is 1.56. The SMILES string of the molecule is CCCCCCCCC(C(F)(F)C(F)(F)C(F)(F)C(F)(F)C(F)(F)F)C(Cl)(Cl)C(F)(F)C(F)(F)C(F)(F)C(F)(F)C(F)(F)F. The smallest absolute Gasteiger partial charge is 0.199 e. The van der Waals surface area contributed by atoms with Gasteiger partial charge in [0.15, 0.2) is 4.33 Å². The van der Waals surface area contributed by atoms with Gasteiger partial charge in [-0.1, -0.05) is 68.7 Å². The Bertz CT molecular complexity index is 948. The largest absolute Gasteiger partial charge is 0.460 e. The second-order valence-electron chi connectivity index (χ2n) is 9.37. The molecule has 0 saturated heterocycles. The van der Waals surface area contributed by atoms with Crippen molar-refractivity contribution in [1.29, 1.82) is 0 Å². The van der Waals surface area contributed by atoms with Crippen molar-refractivity contribution in [2.45, 2.75) is 116 Å². The monoisotopic (exact) mass is 746 g/mol. The normalized spacial score (nSPS) is 16.8. The predicted molar refractivity (Wildman–Crippen MR) is 108 cm³/mol. The zero-order valence-electron chi connectivity index (χ0n) is 21.1. The van der Waals surface area contributed by atoms with Crippen LogP contribution < -0.4 is 0 Å². The molecule has 0 bridgehead atoms. The fourth-order valence-electron chi connectivity index (χ4n) is 3.52. The topological polar surface area (TPSA) is 0 Å². The van der Waals surface area contributed by atoms with Crippen LogP contribution in [-0.2, 0) is 0 Å². The minimum absolute atomic E-state index is 0.0868. The summed E-state index contributed by atoms with van der Waals surface area (Å²) in [5.41, 5.74) is 0. The van der Waals surface area contributed by atoms with Gasteiger partial charge in [-0.25, -0.2) is 0 Å². The van der Waals surface area contributed by atoms with Crippen molar-refractivity contribution in [2.75, 3.05) is 0 Å². The number of rotatable bonds is 16. The lowest BCUT2D eigenvalue weighted by Crippen LogP contribution is -2.73. The average Bonchev–Trinajstić information content (AvgIpc) is 2.80. The maximum Gasteiger partial charge on any atom is 0.460 e. The zero-order chi connectivity index (χ0) is 36.0. The molecule has 1 unspecified atom stereocenters. The molecule has 0 rings (SSSR count). The summed E-state index contributed by atoms with van der Waals surface area (Å²) in [4.78, 5) is 0. The Hall–Kier alpha value is -0.960. The summed E-state index contributed by atoms with van der Waals surface area (Å²) >= 11 is 9.13. The van der Waals surface area contributed by atoms with Gasteiger partial charge < -0.3 is 0 Å². The highest BCUT2D eigenvalue weighted by Crippen LogP contribution is 2.67. The van der Waals surface area contributed by atoms with E-state index in [1.54, 1.807) is 6.92 Å². The fraction of sp³-hybridized carbons (Fsp3) is 1.00. The van der Waals surface area contributed by atoms with E-state index in [0.717, 1.165) is 0 Å². The van der Waals surface area contributed by atoms with E-state index in [2.05, 4.69) is 23.2 Å². The molecule has 24 heteroatoms. The fourth-order valence-corrected chi connectivity index (χ4v) is 4.25. The van der Waals surface area contributed by atoms with Gasteiger partial charge in [0.2, 0.25) is 0 Å². The Kier molecular flexibility index (Phi) is 12.3. The van der Waals surface area contributed by atoms with Crippen LogP contribution in [0.25, 0.3) is 0 Å². The molecule has 44 heavy (non-hydrogen) atoms. The molecular formula is C20H18Cl2F22. The Morgan fingerprint density at radius 3 is 1.02 bits per heavy atom. The van der Waals surface area contributed by atoms with Gasteiger partial charge in [-0.3, -0.25) is 0 Å². The number of hydrogen-bond donors (Lipinski definition) is 0. The van der Waals surface area contributed by atoms with Gasteiger partial charge in [0, 0.05) is 0 Å². The molecule has 0 aliphatic carbocycles. The highest BCUT2D eigenvalue weighted by molar-refractivity contribution is 6.49. The Morgan fingerprint density at radius 2 is 0.682 bits per heavy atom. The molecule has 1 atom stereocenters. The number of halogens is 24. The second-order valence-corrected chi connectivity index (χ2v) is 10.8. The lowest BCUT2D eigenvalue weighted by molar-refractivity contribution is -0.435. The highest BCUT2D eigenvalue weighted by atomic mass is 35.5. The Morgan fingerprint density at radius 1 is 0.386 bits per heavy atom. The summed E-state index contributed by atoms with van der Waals surface area (Å²) in [6.07, 6.45) is -19.7. The third-order valence-electron chi connectivity index (χ3n) is 6.24. The number of alkyl halides is 24. The molecule has 0 aromatic rings. The van der Waals surface area contributed by atoms with Crippen molar-refractivity contribution < 1.29 is 96.6 Å². The molecule has 0 aliphatic heterocycles. The van der Waals surface area contributed by atoms with Crippen molar-refractivity contribution in [3.63, 3.8) is 0 Å². The first-order valence-electron chi connectivity index (χ1n) is 11.5. The molecule has 0 nitrogen and oxygen atoms in total. The molecule has 0 aromatic carbocycles. The van der Waals surface area contributed by atoms with E-state index in [1.165, 1.54) is 0 Å². The molecule has 0 fully saturated rings. The zero-order valence-corrected chi connectivity index (χ0v) is 22.6. The van der Waals surface area contributed by atoms with Gasteiger partial charge >= 0.3 is 59.7 Å². The first-order valence-corrected chi connectivity index (χ1v) is 12.2. The molecule has 0 radical (unpaired) electrons. The summed E-state index contributed by atoms with van der Waals surface area (Å²) in [5, 5.41) is 0. The predicted octanol–water partition coefficient (Wildman–Crippen LogP) is 11.7. The van der Waals surface area contributed by atoms with E-state index >= 15 is 0 Å². The molecule has 0 aromatic heterocycles. The van der Waals surface area contributed by atoms with Crippen molar-refractivity contribution in [3.05, 3.63) is 0 Å². The van der Waals surface area contributed by atoms with Crippen LogP contribution in [0.3, 0.4) is 0 Å². The molecule has 0 N–H and O–H groups in total. The van der Waals surface area contributed by atoms with Gasteiger partial charge in [-0.15, -0.1) is 0 Å². The molecule has 0 saturated carbocycles. The summed E-state index contributed by atoms with van der Waals surface area (Å²) < 4.78 is 292. The van der Waals surface area contributed by atoms with E-state index in [0.29, 0.717) is 12.8 Å². The lowest BCUT2D eigenvalue weighted by Gasteiger charge is -2.47.